The van der Waals surface area contributed by atoms with E-state index in [4.69, 9.17) is 12.2 Å². The Balaban J connectivity index is 1.83. The minimum atomic E-state index is -0.294. The summed E-state index contributed by atoms with van der Waals surface area (Å²) >= 11 is 6.42. The van der Waals surface area contributed by atoms with Crippen molar-refractivity contribution in [2.45, 2.75) is 13.3 Å². The molecule has 1 aromatic carbocycles. The maximum Gasteiger partial charge on any atom is 0.244 e. The molecule has 2 aromatic rings. The summed E-state index contributed by atoms with van der Waals surface area (Å²) in [5, 5.41) is 5.75. The highest BCUT2D eigenvalue weighted by atomic mass is 32.1. The smallest absolute Gasteiger partial charge is 0.244 e. The van der Waals surface area contributed by atoms with Crippen molar-refractivity contribution < 1.29 is 9.18 Å². The van der Waals surface area contributed by atoms with Crippen molar-refractivity contribution in [1.29, 1.82) is 0 Å². The summed E-state index contributed by atoms with van der Waals surface area (Å²) < 4.78 is 12.9. The lowest BCUT2D eigenvalue weighted by Gasteiger charge is -2.10. The standard InChI is InChI=1S/C16H17FN4OS2/c1-10(2)8-18-16(23)21-20-14(22)7-13-9-24-15(19-13)11-3-5-12(17)6-4-11/h3-6,9H,1,7-8H2,2H3,(H,20,22)(H2,18,21,23). The minimum absolute atomic E-state index is 0.119. The molecule has 1 aromatic heterocycles. The second-order valence-corrected chi connectivity index (χ2v) is 6.41. The number of carbonyl (C=O) groups excluding carboxylic acids is 1. The van der Waals surface area contributed by atoms with Gasteiger partial charge in [0, 0.05) is 17.5 Å². The Labute approximate surface area is 149 Å². The topological polar surface area (TPSA) is 66.0 Å². The van der Waals surface area contributed by atoms with Crippen molar-refractivity contribution in [2.24, 2.45) is 0 Å². The van der Waals surface area contributed by atoms with Crippen molar-refractivity contribution in [3.05, 3.63) is 53.3 Å². The molecule has 1 heterocycles. The molecular weight excluding hydrogens is 347 g/mol. The normalized spacial score (nSPS) is 10.1. The molecule has 0 unspecified atom stereocenters. The summed E-state index contributed by atoms with van der Waals surface area (Å²) in [6.07, 6.45) is 0.119. The first-order valence-electron chi connectivity index (χ1n) is 7.11. The number of hydrogen-bond acceptors (Lipinski definition) is 4. The molecule has 0 spiro atoms. The highest BCUT2D eigenvalue weighted by Gasteiger charge is 2.09. The van der Waals surface area contributed by atoms with E-state index in [1.54, 1.807) is 17.5 Å². The van der Waals surface area contributed by atoms with Gasteiger partial charge in [0.15, 0.2) is 5.11 Å². The molecule has 0 aliphatic rings. The van der Waals surface area contributed by atoms with Crippen LogP contribution in [0.5, 0.6) is 0 Å². The molecule has 0 saturated heterocycles. The Morgan fingerprint density at radius 1 is 1.33 bits per heavy atom. The molecule has 3 N–H and O–H groups in total. The van der Waals surface area contributed by atoms with Crippen LogP contribution in [-0.4, -0.2) is 22.5 Å². The fourth-order valence-corrected chi connectivity index (χ4v) is 2.67. The Hall–Kier alpha value is -2.32. The maximum absolute atomic E-state index is 12.9. The lowest BCUT2D eigenvalue weighted by Crippen LogP contribution is -2.47. The van der Waals surface area contributed by atoms with Crippen molar-refractivity contribution >= 4 is 34.6 Å². The van der Waals surface area contributed by atoms with E-state index in [1.807, 2.05) is 6.92 Å². The van der Waals surface area contributed by atoms with Crippen LogP contribution in [0.25, 0.3) is 10.6 Å². The third kappa shape index (κ3) is 5.71. The second kappa shape index (κ2) is 8.51. The molecule has 126 valence electrons. The zero-order valence-corrected chi connectivity index (χ0v) is 14.7. The number of thiocarbonyl (C=S) groups is 1. The number of benzene rings is 1. The van der Waals surface area contributed by atoms with E-state index >= 15 is 0 Å². The molecule has 1 amide bonds. The number of halogens is 1. The number of nitrogens with one attached hydrogen (secondary N) is 3. The van der Waals surface area contributed by atoms with Crippen LogP contribution < -0.4 is 16.2 Å². The Bertz CT molecular complexity index is 743. The van der Waals surface area contributed by atoms with Crippen LogP contribution in [0, 0.1) is 5.82 Å². The van der Waals surface area contributed by atoms with E-state index in [1.165, 1.54) is 23.5 Å². The first-order chi connectivity index (χ1) is 11.4. The number of hydrogen-bond donors (Lipinski definition) is 3. The summed E-state index contributed by atoms with van der Waals surface area (Å²) in [6, 6.07) is 6.08. The van der Waals surface area contributed by atoms with Gasteiger partial charge in [0.05, 0.1) is 12.1 Å². The average molecular weight is 364 g/mol. The van der Waals surface area contributed by atoms with E-state index in [2.05, 4.69) is 27.7 Å². The molecule has 0 atom stereocenters. The van der Waals surface area contributed by atoms with Gasteiger partial charge in [0.25, 0.3) is 0 Å². The van der Waals surface area contributed by atoms with E-state index < -0.39 is 0 Å². The molecule has 8 heteroatoms. The Kier molecular flexibility index (Phi) is 6.39. The van der Waals surface area contributed by atoms with Gasteiger partial charge in [-0.2, -0.15) is 0 Å². The van der Waals surface area contributed by atoms with E-state index in [9.17, 15) is 9.18 Å². The average Bonchev–Trinajstić information content (AvgIpc) is 3.00. The monoisotopic (exact) mass is 364 g/mol. The third-order valence-electron chi connectivity index (χ3n) is 2.85. The molecular formula is C16H17FN4OS2. The van der Waals surface area contributed by atoms with Crippen LogP contribution in [0.4, 0.5) is 4.39 Å². The number of nitrogens with zero attached hydrogens (tertiary/aromatic N) is 1. The molecule has 0 bridgehead atoms. The number of thiazole rings is 1. The predicted octanol–water partition coefficient (Wildman–Crippen LogP) is 2.56. The largest absolute Gasteiger partial charge is 0.358 e. The number of carbonyl (C=O) groups is 1. The molecule has 24 heavy (non-hydrogen) atoms. The first kappa shape index (κ1) is 18.0. The number of hydrazine groups is 1. The predicted molar refractivity (Wildman–Crippen MR) is 97.9 cm³/mol. The molecule has 0 aliphatic heterocycles. The highest BCUT2D eigenvalue weighted by molar-refractivity contribution is 7.80. The molecule has 0 aliphatic carbocycles. The number of aromatic nitrogens is 1. The van der Waals surface area contributed by atoms with Crippen molar-refractivity contribution in [1.82, 2.24) is 21.2 Å². The number of amides is 1. The molecule has 2 rings (SSSR count). The highest BCUT2D eigenvalue weighted by Crippen LogP contribution is 2.23. The van der Waals surface area contributed by atoms with Gasteiger partial charge in [-0.15, -0.1) is 11.3 Å². The van der Waals surface area contributed by atoms with Crippen LogP contribution >= 0.6 is 23.6 Å². The van der Waals surface area contributed by atoms with Gasteiger partial charge < -0.3 is 5.32 Å². The van der Waals surface area contributed by atoms with Crippen LogP contribution in [0.2, 0.25) is 0 Å². The quantitative estimate of drug-likeness (QED) is 0.432. The van der Waals surface area contributed by atoms with Gasteiger partial charge in [0.1, 0.15) is 10.8 Å². The summed E-state index contributed by atoms with van der Waals surface area (Å²) in [5.74, 6) is -0.553. The van der Waals surface area contributed by atoms with Crippen molar-refractivity contribution in [3.63, 3.8) is 0 Å². The molecule has 0 saturated carbocycles. The molecule has 0 fully saturated rings. The van der Waals surface area contributed by atoms with E-state index in [-0.39, 0.29) is 18.1 Å². The first-order valence-corrected chi connectivity index (χ1v) is 8.40. The fourth-order valence-electron chi connectivity index (χ4n) is 1.72. The van der Waals surface area contributed by atoms with Crippen LogP contribution in [0.15, 0.2) is 41.8 Å². The SMILES string of the molecule is C=C(C)CNC(=S)NNC(=O)Cc1csc(-c2ccc(F)cc2)n1. The second-order valence-electron chi connectivity index (χ2n) is 5.14. The number of rotatable bonds is 5. The summed E-state index contributed by atoms with van der Waals surface area (Å²) in [5.41, 5.74) is 7.51. The van der Waals surface area contributed by atoms with Gasteiger partial charge in [0.2, 0.25) is 5.91 Å². The van der Waals surface area contributed by atoms with Gasteiger partial charge >= 0.3 is 0 Å². The lowest BCUT2D eigenvalue weighted by molar-refractivity contribution is -0.121. The van der Waals surface area contributed by atoms with Crippen LogP contribution in [0.1, 0.15) is 12.6 Å². The fraction of sp³-hybridized carbons (Fsp3) is 0.188. The van der Waals surface area contributed by atoms with Gasteiger partial charge in [-0.25, -0.2) is 9.37 Å². The zero-order chi connectivity index (χ0) is 17.5. The maximum atomic E-state index is 12.9. The Morgan fingerprint density at radius 2 is 2.04 bits per heavy atom. The summed E-state index contributed by atoms with van der Waals surface area (Å²) in [7, 11) is 0. The van der Waals surface area contributed by atoms with Gasteiger partial charge in [-0.05, 0) is 43.4 Å². The zero-order valence-electron chi connectivity index (χ0n) is 13.1. The lowest BCUT2D eigenvalue weighted by atomic mass is 10.2. The van der Waals surface area contributed by atoms with Crippen LogP contribution in [0.3, 0.4) is 0 Å². The summed E-state index contributed by atoms with van der Waals surface area (Å²) in [6.45, 7) is 6.15. The van der Waals surface area contributed by atoms with Crippen molar-refractivity contribution in [3.8, 4) is 10.6 Å². The molecule has 0 radical (unpaired) electrons. The van der Waals surface area contributed by atoms with E-state index in [0.717, 1.165) is 16.1 Å². The third-order valence-corrected chi connectivity index (χ3v) is 4.04. The molecule has 5 nitrogen and oxygen atoms in total. The van der Waals surface area contributed by atoms with Crippen LogP contribution in [-0.2, 0) is 11.2 Å². The van der Waals surface area contributed by atoms with Crippen molar-refractivity contribution in [2.75, 3.05) is 6.54 Å². The van der Waals surface area contributed by atoms with E-state index in [0.29, 0.717) is 17.4 Å². The summed E-state index contributed by atoms with van der Waals surface area (Å²) in [4.78, 5) is 16.3. The minimum Gasteiger partial charge on any atom is -0.358 e. The van der Waals surface area contributed by atoms with Gasteiger partial charge in [-0.1, -0.05) is 12.2 Å². The van der Waals surface area contributed by atoms with Gasteiger partial charge in [-0.3, -0.25) is 15.6 Å². The Morgan fingerprint density at radius 3 is 2.71 bits per heavy atom.